The SMILES string of the molecule is Cc1ccc(S/C(=C/c2ccc(-c3ccccc3)cc2)C(=O)c2ccc(Br)cc2)cc1. The third kappa shape index (κ3) is 5.63. The Hall–Kier alpha value is -2.88. The van der Waals surface area contributed by atoms with E-state index in [1.165, 1.54) is 22.9 Å². The van der Waals surface area contributed by atoms with Gasteiger partial charge in [0.05, 0.1) is 4.91 Å². The van der Waals surface area contributed by atoms with Crippen molar-refractivity contribution in [3.8, 4) is 11.1 Å². The van der Waals surface area contributed by atoms with Gasteiger partial charge in [-0.05, 0) is 66.1 Å². The Morgan fingerprint density at radius 2 is 1.35 bits per heavy atom. The molecule has 0 aliphatic carbocycles. The maximum atomic E-state index is 13.3. The standard InChI is InChI=1S/C28H21BrOS/c1-20-7-17-26(18-8-20)31-27(28(30)24-13-15-25(29)16-14-24)19-21-9-11-23(12-10-21)22-5-3-2-4-6-22/h2-19H,1H3/b27-19+. The first-order valence-corrected chi connectivity index (χ1v) is 11.6. The van der Waals surface area contributed by atoms with E-state index >= 15 is 0 Å². The van der Waals surface area contributed by atoms with Crippen LogP contribution in [0.5, 0.6) is 0 Å². The molecule has 0 aliphatic rings. The molecule has 152 valence electrons. The molecule has 0 aliphatic heterocycles. The van der Waals surface area contributed by atoms with Crippen molar-refractivity contribution in [2.75, 3.05) is 0 Å². The maximum absolute atomic E-state index is 13.3. The van der Waals surface area contributed by atoms with Gasteiger partial charge in [-0.3, -0.25) is 4.79 Å². The second kappa shape index (κ2) is 9.95. The van der Waals surface area contributed by atoms with Gasteiger partial charge in [-0.2, -0.15) is 0 Å². The van der Waals surface area contributed by atoms with Crippen LogP contribution in [0, 0.1) is 6.92 Å². The van der Waals surface area contributed by atoms with E-state index < -0.39 is 0 Å². The summed E-state index contributed by atoms with van der Waals surface area (Å²) in [6.07, 6.45) is 1.98. The van der Waals surface area contributed by atoms with Crippen LogP contribution in [0.15, 0.2) is 117 Å². The van der Waals surface area contributed by atoms with Gasteiger partial charge in [-0.15, -0.1) is 0 Å². The highest BCUT2D eigenvalue weighted by atomic mass is 79.9. The monoisotopic (exact) mass is 484 g/mol. The topological polar surface area (TPSA) is 17.1 Å². The minimum atomic E-state index is 0.0187. The van der Waals surface area contributed by atoms with E-state index in [1.807, 2.05) is 48.5 Å². The van der Waals surface area contributed by atoms with Crippen molar-refractivity contribution >= 4 is 39.6 Å². The Morgan fingerprint density at radius 3 is 2.00 bits per heavy atom. The average Bonchev–Trinajstić information content (AvgIpc) is 2.81. The molecule has 0 atom stereocenters. The average molecular weight is 485 g/mol. The number of rotatable bonds is 6. The number of benzene rings is 4. The van der Waals surface area contributed by atoms with Gasteiger partial charge >= 0.3 is 0 Å². The summed E-state index contributed by atoms with van der Waals surface area (Å²) in [5.41, 5.74) is 5.21. The predicted molar refractivity (Wildman–Crippen MR) is 135 cm³/mol. The molecule has 4 aromatic rings. The first-order chi connectivity index (χ1) is 15.1. The van der Waals surface area contributed by atoms with E-state index in [2.05, 4.69) is 83.5 Å². The van der Waals surface area contributed by atoms with Gasteiger partial charge in [-0.1, -0.05) is 100.0 Å². The summed E-state index contributed by atoms with van der Waals surface area (Å²) in [7, 11) is 0. The number of hydrogen-bond acceptors (Lipinski definition) is 2. The minimum Gasteiger partial charge on any atom is -0.288 e. The minimum absolute atomic E-state index is 0.0187. The van der Waals surface area contributed by atoms with Crippen molar-refractivity contribution in [1.82, 2.24) is 0 Å². The van der Waals surface area contributed by atoms with Gasteiger partial charge in [-0.25, -0.2) is 0 Å². The molecule has 0 radical (unpaired) electrons. The molecule has 0 aromatic heterocycles. The molecule has 31 heavy (non-hydrogen) atoms. The molecule has 0 spiro atoms. The van der Waals surface area contributed by atoms with E-state index in [9.17, 15) is 4.79 Å². The van der Waals surface area contributed by atoms with Crippen molar-refractivity contribution in [2.24, 2.45) is 0 Å². The van der Waals surface area contributed by atoms with E-state index in [1.54, 1.807) is 0 Å². The van der Waals surface area contributed by atoms with Crippen LogP contribution in [-0.4, -0.2) is 5.78 Å². The van der Waals surface area contributed by atoms with Gasteiger partial charge in [0, 0.05) is 14.9 Å². The maximum Gasteiger partial charge on any atom is 0.199 e. The van der Waals surface area contributed by atoms with Gasteiger partial charge in [0.1, 0.15) is 0 Å². The van der Waals surface area contributed by atoms with Crippen LogP contribution in [0.4, 0.5) is 0 Å². The van der Waals surface area contributed by atoms with E-state index in [0.717, 1.165) is 20.5 Å². The molecule has 3 heteroatoms. The highest BCUT2D eigenvalue weighted by Gasteiger charge is 2.14. The lowest BCUT2D eigenvalue weighted by Crippen LogP contribution is -2.01. The zero-order valence-corrected chi connectivity index (χ0v) is 19.5. The second-order valence-electron chi connectivity index (χ2n) is 7.25. The summed E-state index contributed by atoms with van der Waals surface area (Å²) in [5.74, 6) is 0.0187. The molecule has 0 fully saturated rings. The van der Waals surface area contributed by atoms with Crippen LogP contribution in [0.1, 0.15) is 21.5 Å². The number of carbonyl (C=O) groups is 1. The molecule has 1 nitrogen and oxygen atoms in total. The molecule has 0 saturated carbocycles. The van der Waals surface area contributed by atoms with Crippen molar-refractivity contribution in [1.29, 1.82) is 0 Å². The van der Waals surface area contributed by atoms with Crippen LogP contribution < -0.4 is 0 Å². The fraction of sp³-hybridized carbons (Fsp3) is 0.0357. The normalized spacial score (nSPS) is 11.4. The third-order valence-corrected chi connectivity index (χ3v) is 6.45. The lowest BCUT2D eigenvalue weighted by Gasteiger charge is -2.09. The molecule has 4 aromatic carbocycles. The summed E-state index contributed by atoms with van der Waals surface area (Å²) in [6.45, 7) is 2.06. The molecular weight excluding hydrogens is 464 g/mol. The van der Waals surface area contributed by atoms with Gasteiger partial charge < -0.3 is 0 Å². The first-order valence-electron chi connectivity index (χ1n) is 10.0. The quantitative estimate of drug-likeness (QED) is 0.155. The summed E-state index contributed by atoms with van der Waals surface area (Å²) in [4.78, 5) is 15.1. The number of Topliss-reactive ketones (excluding diaryl/α,β-unsaturated/α-hetero) is 1. The molecule has 4 rings (SSSR count). The number of carbonyl (C=O) groups excluding carboxylic acids is 1. The Labute approximate surface area is 196 Å². The number of allylic oxidation sites excluding steroid dienone is 1. The predicted octanol–water partition coefficient (Wildman–Crippen LogP) is 8.44. The molecular formula is C28H21BrOS. The van der Waals surface area contributed by atoms with Gasteiger partial charge in [0.15, 0.2) is 5.78 Å². The smallest absolute Gasteiger partial charge is 0.199 e. The zero-order chi connectivity index (χ0) is 21.6. The molecule has 0 bridgehead atoms. The van der Waals surface area contributed by atoms with Crippen molar-refractivity contribution in [2.45, 2.75) is 11.8 Å². The molecule has 0 N–H and O–H groups in total. The molecule has 0 unspecified atom stereocenters. The van der Waals surface area contributed by atoms with Gasteiger partial charge in [0.25, 0.3) is 0 Å². The molecule has 0 amide bonds. The third-order valence-electron chi connectivity index (χ3n) is 4.89. The number of hydrogen-bond donors (Lipinski definition) is 0. The lowest BCUT2D eigenvalue weighted by molar-refractivity contribution is 0.104. The van der Waals surface area contributed by atoms with E-state index in [4.69, 9.17) is 0 Å². The Bertz CT molecular complexity index is 1190. The lowest BCUT2D eigenvalue weighted by atomic mass is 10.0. The molecule has 0 saturated heterocycles. The Balaban J connectivity index is 1.67. The van der Waals surface area contributed by atoms with Crippen LogP contribution in [-0.2, 0) is 0 Å². The number of halogens is 1. The number of thioether (sulfide) groups is 1. The fourth-order valence-electron chi connectivity index (χ4n) is 3.17. The van der Waals surface area contributed by atoms with E-state index in [-0.39, 0.29) is 5.78 Å². The molecule has 0 heterocycles. The van der Waals surface area contributed by atoms with Gasteiger partial charge in [0.2, 0.25) is 0 Å². The van der Waals surface area contributed by atoms with E-state index in [0.29, 0.717) is 10.5 Å². The van der Waals surface area contributed by atoms with Crippen LogP contribution in [0.3, 0.4) is 0 Å². The second-order valence-corrected chi connectivity index (χ2v) is 9.28. The summed E-state index contributed by atoms with van der Waals surface area (Å²) < 4.78 is 0.956. The Kier molecular flexibility index (Phi) is 6.86. The zero-order valence-electron chi connectivity index (χ0n) is 17.1. The fourth-order valence-corrected chi connectivity index (χ4v) is 4.37. The summed E-state index contributed by atoms with van der Waals surface area (Å²) in [6, 6.07) is 34.4. The number of aryl methyl sites for hydroxylation is 1. The summed E-state index contributed by atoms with van der Waals surface area (Å²) >= 11 is 4.94. The van der Waals surface area contributed by atoms with Crippen molar-refractivity contribution in [3.05, 3.63) is 129 Å². The van der Waals surface area contributed by atoms with Crippen LogP contribution in [0.25, 0.3) is 17.2 Å². The first kappa shape index (κ1) is 21.4. The van der Waals surface area contributed by atoms with Crippen LogP contribution in [0.2, 0.25) is 0 Å². The van der Waals surface area contributed by atoms with Crippen molar-refractivity contribution in [3.63, 3.8) is 0 Å². The van der Waals surface area contributed by atoms with Crippen LogP contribution >= 0.6 is 27.7 Å². The largest absolute Gasteiger partial charge is 0.288 e. The summed E-state index contributed by atoms with van der Waals surface area (Å²) in [5, 5.41) is 0. The Morgan fingerprint density at radius 1 is 0.742 bits per heavy atom. The highest BCUT2D eigenvalue weighted by Crippen LogP contribution is 2.32. The highest BCUT2D eigenvalue weighted by molar-refractivity contribution is 9.10. The number of ketones is 1. The van der Waals surface area contributed by atoms with Crippen molar-refractivity contribution < 1.29 is 4.79 Å².